The van der Waals surface area contributed by atoms with Gasteiger partial charge >= 0.3 is 5.97 Å². The number of nitrogens with zero attached hydrogens (tertiary/aromatic N) is 1. The summed E-state index contributed by atoms with van der Waals surface area (Å²) in [5, 5.41) is 0. The van der Waals surface area contributed by atoms with Gasteiger partial charge in [0, 0.05) is 12.1 Å². The number of halogens is 2. The summed E-state index contributed by atoms with van der Waals surface area (Å²) in [4.78, 5) is 24.5. The van der Waals surface area contributed by atoms with Crippen LogP contribution in [0.3, 0.4) is 0 Å². The summed E-state index contributed by atoms with van der Waals surface area (Å²) in [5.74, 6) is -3.01. The molecular weight excluding hydrogens is 256 g/mol. The number of rotatable bonds is 4. The average Bonchev–Trinajstić information content (AvgIpc) is 2.34. The molecule has 0 unspecified atom stereocenters. The van der Waals surface area contributed by atoms with Gasteiger partial charge in [-0.1, -0.05) is 0 Å². The molecule has 1 amide bonds. The van der Waals surface area contributed by atoms with Crippen LogP contribution in [0.5, 0.6) is 0 Å². The van der Waals surface area contributed by atoms with Crippen molar-refractivity contribution < 1.29 is 23.1 Å². The SMILES string of the molecule is COC(=O)CN(C(=O)c1ccc(F)cc1F)C(C)C. The van der Waals surface area contributed by atoms with E-state index in [2.05, 4.69) is 4.74 Å². The topological polar surface area (TPSA) is 46.6 Å². The van der Waals surface area contributed by atoms with Crippen LogP contribution in [-0.2, 0) is 9.53 Å². The Kier molecular flexibility index (Phi) is 4.97. The quantitative estimate of drug-likeness (QED) is 0.787. The molecule has 0 bridgehead atoms. The van der Waals surface area contributed by atoms with Crippen LogP contribution in [0.2, 0.25) is 0 Å². The van der Waals surface area contributed by atoms with E-state index >= 15 is 0 Å². The molecule has 0 fully saturated rings. The number of ether oxygens (including phenoxy) is 1. The van der Waals surface area contributed by atoms with Gasteiger partial charge < -0.3 is 9.64 Å². The van der Waals surface area contributed by atoms with Crippen LogP contribution in [-0.4, -0.2) is 36.5 Å². The molecule has 1 aromatic carbocycles. The van der Waals surface area contributed by atoms with Gasteiger partial charge in [0.25, 0.3) is 5.91 Å². The Labute approximate surface area is 110 Å². The fourth-order valence-electron chi connectivity index (χ4n) is 1.51. The third kappa shape index (κ3) is 3.74. The van der Waals surface area contributed by atoms with Crippen LogP contribution in [0, 0.1) is 11.6 Å². The predicted octanol–water partition coefficient (Wildman–Crippen LogP) is 1.99. The van der Waals surface area contributed by atoms with Crippen LogP contribution in [0.1, 0.15) is 24.2 Å². The normalized spacial score (nSPS) is 10.4. The zero-order chi connectivity index (χ0) is 14.6. The van der Waals surface area contributed by atoms with Gasteiger partial charge in [0.15, 0.2) is 0 Å². The molecule has 0 radical (unpaired) electrons. The van der Waals surface area contributed by atoms with Gasteiger partial charge in [-0.25, -0.2) is 8.78 Å². The summed E-state index contributed by atoms with van der Waals surface area (Å²) in [6.45, 7) is 3.08. The van der Waals surface area contributed by atoms with E-state index < -0.39 is 23.5 Å². The molecule has 104 valence electrons. The maximum atomic E-state index is 13.5. The van der Waals surface area contributed by atoms with E-state index in [4.69, 9.17) is 0 Å². The van der Waals surface area contributed by atoms with Gasteiger partial charge in [0.1, 0.15) is 18.2 Å². The number of benzene rings is 1. The lowest BCUT2D eigenvalue weighted by Crippen LogP contribution is -2.41. The van der Waals surface area contributed by atoms with Crippen LogP contribution < -0.4 is 0 Å². The first kappa shape index (κ1) is 15.1. The predicted molar refractivity (Wildman–Crippen MR) is 64.5 cm³/mol. The third-order valence-electron chi connectivity index (χ3n) is 2.57. The maximum Gasteiger partial charge on any atom is 0.325 e. The molecule has 0 saturated heterocycles. The number of carbonyl (C=O) groups is 2. The van der Waals surface area contributed by atoms with E-state index in [1.165, 1.54) is 7.11 Å². The molecule has 4 nitrogen and oxygen atoms in total. The second-order valence-corrected chi connectivity index (χ2v) is 4.23. The lowest BCUT2D eigenvalue weighted by Gasteiger charge is -2.25. The number of methoxy groups -OCH3 is 1. The highest BCUT2D eigenvalue weighted by Crippen LogP contribution is 2.14. The molecule has 0 spiro atoms. The number of carbonyl (C=O) groups excluding carboxylic acids is 2. The monoisotopic (exact) mass is 271 g/mol. The van der Waals surface area contributed by atoms with Crippen LogP contribution >= 0.6 is 0 Å². The lowest BCUT2D eigenvalue weighted by atomic mass is 10.1. The van der Waals surface area contributed by atoms with E-state index in [1.54, 1.807) is 13.8 Å². The Morgan fingerprint density at radius 3 is 2.42 bits per heavy atom. The van der Waals surface area contributed by atoms with Gasteiger partial charge in [-0.05, 0) is 26.0 Å². The second-order valence-electron chi connectivity index (χ2n) is 4.23. The van der Waals surface area contributed by atoms with Crippen molar-refractivity contribution in [1.29, 1.82) is 0 Å². The molecule has 0 aromatic heterocycles. The van der Waals surface area contributed by atoms with Crippen molar-refractivity contribution in [3.8, 4) is 0 Å². The Morgan fingerprint density at radius 2 is 1.95 bits per heavy atom. The number of hydrogen-bond donors (Lipinski definition) is 0. The molecular formula is C13H15F2NO3. The second kappa shape index (κ2) is 6.26. The Hall–Kier alpha value is -1.98. The van der Waals surface area contributed by atoms with Crippen LogP contribution in [0.25, 0.3) is 0 Å². The summed E-state index contributed by atoms with van der Waals surface area (Å²) in [6, 6.07) is 2.35. The molecule has 0 heterocycles. The Bertz CT molecular complexity index is 489. The van der Waals surface area contributed by atoms with Crippen LogP contribution in [0.15, 0.2) is 18.2 Å². The minimum Gasteiger partial charge on any atom is -0.468 e. The molecule has 0 saturated carbocycles. The van der Waals surface area contributed by atoms with E-state index in [9.17, 15) is 18.4 Å². The van der Waals surface area contributed by atoms with E-state index in [-0.39, 0.29) is 18.2 Å². The fourth-order valence-corrected chi connectivity index (χ4v) is 1.51. The molecule has 0 atom stereocenters. The number of esters is 1. The molecule has 6 heteroatoms. The lowest BCUT2D eigenvalue weighted by molar-refractivity contribution is -0.141. The third-order valence-corrected chi connectivity index (χ3v) is 2.57. The highest BCUT2D eigenvalue weighted by atomic mass is 19.1. The zero-order valence-electron chi connectivity index (χ0n) is 10.9. The Balaban J connectivity index is 3.02. The van der Waals surface area contributed by atoms with Crippen molar-refractivity contribution in [2.45, 2.75) is 19.9 Å². The highest BCUT2D eigenvalue weighted by molar-refractivity contribution is 5.96. The van der Waals surface area contributed by atoms with E-state index in [1.807, 2.05) is 0 Å². The molecule has 0 aliphatic heterocycles. The summed E-state index contributed by atoms with van der Waals surface area (Å²) in [7, 11) is 1.20. The van der Waals surface area contributed by atoms with E-state index in [0.717, 1.165) is 17.0 Å². The molecule has 19 heavy (non-hydrogen) atoms. The van der Waals surface area contributed by atoms with Crippen molar-refractivity contribution in [1.82, 2.24) is 4.90 Å². The molecule has 0 aliphatic carbocycles. The van der Waals surface area contributed by atoms with Gasteiger partial charge in [-0.3, -0.25) is 9.59 Å². The van der Waals surface area contributed by atoms with Crippen molar-refractivity contribution in [3.63, 3.8) is 0 Å². The summed E-state index contributed by atoms with van der Waals surface area (Å²) in [5.41, 5.74) is -0.279. The van der Waals surface area contributed by atoms with Gasteiger partial charge in [0.2, 0.25) is 0 Å². The van der Waals surface area contributed by atoms with Crippen molar-refractivity contribution >= 4 is 11.9 Å². The van der Waals surface area contributed by atoms with Crippen molar-refractivity contribution in [2.24, 2.45) is 0 Å². The minimum atomic E-state index is -0.958. The standard InChI is InChI=1S/C13H15F2NO3/c1-8(2)16(7-12(17)19-3)13(18)10-5-4-9(14)6-11(10)15/h4-6,8H,7H2,1-3H3. The summed E-state index contributed by atoms with van der Waals surface area (Å²) < 4.78 is 30.8. The first-order chi connectivity index (χ1) is 8.86. The maximum absolute atomic E-state index is 13.5. The number of amides is 1. The molecule has 0 aliphatic rings. The number of hydrogen-bond acceptors (Lipinski definition) is 3. The summed E-state index contributed by atoms with van der Waals surface area (Å²) in [6.07, 6.45) is 0. The Morgan fingerprint density at radius 1 is 1.32 bits per heavy atom. The fraction of sp³-hybridized carbons (Fsp3) is 0.385. The molecule has 1 rings (SSSR count). The van der Waals surface area contributed by atoms with Crippen LogP contribution in [0.4, 0.5) is 8.78 Å². The molecule has 1 aromatic rings. The average molecular weight is 271 g/mol. The van der Waals surface area contributed by atoms with Crippen molar-refractivity contribution in [3.05, 3.63) is 35.4 Å². The van der Waals surface area contributed by atoms with Crippen molar-refractivity contribution in [2.75, 3.05) is 13.7 Å². The first-order valence-corrected chi connectivity index (χ1v) is 5.69. The highest BCUT2D eigenvalue weighted by Gasteiger charge is 2.24. The first-order valence-electron chi connectivity index (χ1n) is 5.69. The van der Waals surface area contributed by atoms with Gasteiger partial charge in [0.05, 0.1) is 12.7 Å². The van der Waals surface area contributed by atoms with E-state index in [0.29, 0.717) is 6.07 Å². The summed E-state index contributed by atoms with van der Waals surface area (Å²) >= 11 is 0. The van der Waals surface area contributed by atoms with Gasteiger partial charge in [-0.15, -0.1) is 0 Å². The zero-order valence-corrected chi connectivity index (χ0v) is 10.9. The molecule has 0 N–H and O–H groups in total. The minimum absolute atomic E-state index is 0.279. The van der Waals surface area contributed by atoms with Gasteiger partial charge in [-0.2, -0.15) is 0 Å². The smallest absolute Gasteiger partial charge is 0.325 e. The largest absolute Gasteiger partial charge is 0.468 e.